The van der Waals surface area contributed by atoms with E-state index in [-0.39, 0.29) is 5.91 Å². The van der Waals surface area contributed by atoms with E-state index < -0.39 is 5.41 Å². The number of carbonyl (C=O) groups is 1. The molecule has 1 aliphatic heterocycles. The highest BCUT2D eigenvalue weighted by molar-refractivity contribution is 7.07. The van der Waals surface area contributed by atoms with E-state index in [0.29, 0.717) is 0 Å². The lowest BCUT2D eigenvalue weighted by Crippen LogP contribution is -2.53. The van der Waals surface area contributed by atoms with Crippen LogP contribution in [0.1, 0.15) is 37.7 Å². The van der Waals surface area contributed by atoms with Gasteiger partial charge >= 0.3 is 0 Å². The molecule has 0 aromatic carbocycles. The Morgan fingerprint density at radius 2 is 1.95 bits per heavy atom. The molecule has 1 saturated heterocycles. The molecule has 3 rings (SSSR count). The topological polar surface area (TPSA) is 47.3 Å². The number of piperazine rings is 1. The van der Waals surface area contributed by atoms with Crippen molar-refractivity contribution in [3.8, 4) is 6.07 Å². The van der Waals surface area contributed by atoms with Crippen LogP contribution in [0.2, 0.25) is 0 Å². The third-order valence-corrected chi connectivity index (χ3v) is 5.71. The first-order valence-electron chi connectivity index (χ1n) is 8.18. The van der Waals surface area contributed by atoms with Gasteiger partial charge in [-0.2, -0.15) is 16.6 Å². The van der Waals surface area contributed by atoms with E-state index in [1.165, 1.54) is 5.56 Å². The van der Waals surface area contributed by atoms with Crippen molar-refractivity contribution in [2.45, 2.75) is 38.6 Å². The molecule has 0 N–H and O–H groups in total. The van der Waals surface area contributed by atoms with Crippen LogP contribution in [-0.4, -0.2) is 41.9 Å². The second-order valence-electron chi connectivity index (χ2n) is 6.45. The van der Waals surface area contributed by atoms with Crippen LogP contribution in [0.4, 0.5) is 0 Å². The van der Waals surface area contributed by atoms with Crippen molar-refractivity contribution < 1.29 is 4.79 Å². The lowest BCUT2D eigenvalue weighted by Gasteiger charge is -2.39. The van der Waals surface area contributed by atoms with Crippen LogP contribution in [0, 0.1) is 16.7 Å². The number of hydrogen-bond donors (Lipinski definition) is 0. The zero-order chi connectivity index (χ0) is 15.4. The molecule has 0 spiro atoms. The first kappa shape index (κ1) is 15.5. The van der Waals surface area contributed by atoms with Gasteiger partial charge in [0.05, 0.1) is 6.07 Å². The van der Waals surface area contributed by atoms with Gasteiger partial charge in [0.15, 0.2) is 0 Å². The van der Waals surface area contributed by atoms with Gasteiger partial charge in [-0.05, 0) is 35.2 Å². The molecule has 0 unspecified atom stereocenters. The molecule has 2 aliphatic rings. The summed E-state index contributed by atoms with van der Waals surface area (Å²) in [6.07, 6.45) is 4.68. The molecule has 0 bridgehead atoms. The van der Waals surface area contributed by atoms with Gasteiger partial charge in [0.25, 0.3) is 0 Å². The van der Waals surface area contributed by atoms with Gasteiger partial charge in [-0.15, -0.1) is 0 Å². The minimum atomic E-state index is -0.728. The Labute approximate surface area is 136 Å². The van der Waals surface area contributed by atoms with Crippen molar-refractivity contribution in [2.75, 3.05) is 26.2 Å². The van der Waals surface area contributed by atoms with Crippen molar-refractivity contribution in [2.24, 2.45) is 5.41 Å². The van der Waals surface area contributed by atoms with Crippen LogP contribution in [0.5, 0.6) is 0 Å². The summed E-state index contributed by atoms with van der Waals surface area (Å²) in [6, 6.07) is 4.52. The summed E-state index contributed by atoms with van der Waals surface area (Å²) in [5, 5.41) is 13.8. The van der Waals surface area contributed by atoms with Gasteiger partial charge in [-0.1, -0.05) is 19.3 Å². The van der Waals surface area contributed by atoms with Gasteiger partial charge in [0, 0.05) is 32.7 Å². The maximum atomic E-state index is 12.8. The molecule has 1 aromatic rings. The fourth-order valence-electron chi connectivity index (χ4n) is 3.58. The SMILES string of the molecule is N#CC1(C(=O)N2CCN(Cc3ccsc3)CC2)CCCCC1. The Morgan fingerprint density at radius 3 is 2.55 bits per heavy atom. The van der Waals surface area contributed by atoms with Crippen molar-refractivity contribution in [1.29, 1.82) is 5.26 Å². The Kier molecular flexibility index (Phi) is 4.80. The molecule has 1 aliphatic carbocycles. The lowest BCUT2D eigenvalue weighted by molar-refractivity contribution is -0.142. The minimum absolute atomic E-state index is 0.0879. The van der Waals surface area contributed by atoms with Gasteiger partial charge in [0.1, 0.15) is 5.41 Å². The first-order chi connectivity index (χ1) is 10.7. The summed E-state index contributed by atoms with van der Waals surface area (Å²) >= 11 is 1.73. The van der Waals surface area contributed by atoms with E-state index in [1.54, 1.807) is 11.3 Å². The molecule has 2 heterocycles. The largest absolute Gasteiger partial charge is 0.339 e. The molecule has 5 heteroatoms. The minimum Gasteiger partial charge on any atom is -0.339 e. The monoisotopic (exact) mass is 317 g/mol. The van der Waals surface area contributed by atoms with E-state index in [2.05, 4.69) is 27.8 Å². The van der Waals surface area contributed by atoms with E-state index in [4.69, 9.17) is 0 Å². The average Bonchev–Trinajstić information content (AvgIpc) is 3.08. The number of rotatable bonds is 3. The molecule has 0 radical (unpaired) electrons. The predicted molar refractivity (Wildman–Crippen MR) is 87.3 cm³/mol. The third-order valence-electron chi connectivity index (χ3n) is 4.98. The second-order valence-corrected chi connectivity index (χ2v) is 7.23. The standard InChI is InChI=1S/C17H23N3OS/c18-14-17(5-2-1-3-6-17)16(21)20-9-7-19(8-10-20)12-15-4-11-22-13-15/h4,11,13H,1-3,5-10,12H2. The average molecular weight is 317 g/mol. The maximum Gasteiger partial charge on any atom is 0.243 e. The molecule has 2 fully saturated rings. The third kappa shape index (κ3) is 3.18. The van der Waals surface area contributed by atoms with Gasteiger partial charge in [-0.3, -0.25) is 9.69 Å². The zero-order valence-corrected chi connectivity index (χ0v) is 13.8. The highest BCUT2D eigenvalue weighted by atomic mass is 32.1. The summed E-state index contributed by atoms with van der Waals surface area (Å²) in [5.74, 6) is 0.0879. The van der Waals surface area contributed by atoms with Crippen LogP contribution in [0.3, 0.4) is 0 Å². The number of hydrogen-bond acceptors (Lipinski definition) is 4. The molecule has 4 nitrogen and oxygen atoms in total. The summed E-state index contributed by atoms with van der Waals surface area (Å²) < 4.78 is 0. The number of nitrogens with zero attached hydrogens (tertiary/aromatic N) is 3. The number of carbonyl (C=O) groups excluding carboxylic acids is 1. The Balaban J connectivity index is 1.56. The summed E-state index contributed by atoms with van der Waals surface area (Å²) in [5.41, 5.74) is 0.624. The molecule has 118 valence electrons. The van der Waals surface area contributed by atoms with Crippen molar-refractivity contribution in [1.82, 2.24) is 9.80 Å². The molecule has 0 atom stereocenters. The normalized spacial score (nSPS) is 22.2. The second kappa shape index (κ2) is 6.80. The highest BCUT2D eigenvalue weighted by Crippen LogP contribution is 2.37. The van der Waals surface area contributed by atoms with E-state index >= 15 is 0 Å². The van der Waals surface area contributed by atoms with E-state index in [0.717, 1.165) is 64.8 Å². The summed E-state index contributed by atoms with van der Waals surface area (Å²) in [4.78, 5) is 17.1. The molecule has 1 saturated carbocycles. The van der Waals surface area contributed by atoms with Gasteiger partial charge in [-0.25, -0.2) is 0 Å². The van der Waals surface area contributed by atoms with Crippen LogP contribution < -0.4 is 0 Å². The smallest absolute Gasteiger partial charge is 0.243 e. The predicted octanol–water partition coefficient (Wildman–Crippen LogP) is 2.87. The van der Waals surface area contributed by atoms with Crippen LogP contribution in [-0.2, 0) is 11.3 Å². The fourth-order valence-corrected chi connectivity index (χ4v) is 4.24. The molecular formula is C17H23N3OS. The van der Waals surface area contributed by atoms with Crippen molar-refractivity contribution in [3.63, 3.8) is 0 Å². The molecule has 1 aromatic heterocycles. The zero-order valence-electron chi connectivity index (χ0n) is 13.0. The Morgan fingerprint density at radius 1 is 1.23 bits per heavy atom. The fraction of sp³-hybridized carbons (Fsp3) is 0.647. The van der Waals surface area contributed by atoms with Gasteiger partial charge < -0.3 is 4.90 Å². The highest BCUT2D eigenvalue weighted by Gasteiger charge is 2.42. The number of thiophene rings is 1. The van der Waals surface area contributed by atoms with Crippen LogP contribution in [0.25, 0.3) is 0 Å². The quantitative estimate of drug-likeness (QED) is 0.861. The van der Waals surface area contributed by atoms with Crippen molar-refractivity contribution >= 4 is 17.2 Å². The summed E-state index contributed by atoms with van der Waals surface area (Å²) in [6.45, 7) is 4.29. The van der Waals surface area contributed by atoms with Crippen LogP contribution >= 0.6 is 11.3 Å². The van der Waals surface area contributed by atoms with E-state index in [1.807, 2.05) is 4.90 Å². The number of nitriles is 1. The molecular weight excluding hydrogens is 294 g/mol. The van der Waals surface area contributed by atoms with E-state index in [9.17, 15) is 10.1 Å². The maximum absolute atomic E-state index is 12.8. The van der Waals surface area contributed by atoms with Crippen molar-refractivity contribution in [3.05, 3.63) is 22.4 Å². The van der Waals surface area contributed by atoms with Gasteiger partial charge in [0.2, 0.25) is 5.91 Å². The Bertz CT molecular complexity index is 535. The lowest BCUT2D eigenvalue weighted by atomic mass is 9.74. The summed E-state index contributed by atoms with van der Waals surface area (Å²) in [7, 11) is 0. The van der Waals surface area contributed by atoms with Crippen LogP contribution in [0.15, 0.2) is 16.8 Å². The first-order valence-corrected chi connectivity index (χ1v) is 9.12. The Hall–Kier alpha value is -1.38. The molecule has 22 heavy (non-hydrogen) atoms. The number of amides is 1. The molecule has 1 amide bonds.